The smallest absolute Gasteiger partial charge is 0.224 e. The molecule has 4 atom stereocenters. The number of aromatic hydroxyl groups is 1. The largest absolute Gasteiger partial charge is 0.508 e. The highest BCUT2D eigenvalue weighted by Crippen LogP contribution is 2.26. The molecule has 2 amide bonds. The van der Waals surface area contributed by atoms with E-state index in [0.29, 0.717) is 37.4 Å². The molecule has 13 heteroatoms. The van der Waals surface area contributed by atoms with E-state index >= 15 is 0 Å². The number of primary amides is 1. The standard InChI is InChI=1S/C32H50N8O5/c1-18(2)7-8-21(30(34)44)13-29(43)27(15-23-16-37-17-39-23)40-31(45)22(12-25-19(3)10-24(41)11-20(25)4)14-28(42)26(33)6-5-9-38-32(35)36/h10-11,16-18,21-22,26-27,41H,5-9,12-15,33H2,1-4H3,(H2,34,44)(H,37,39)(H,40,45)(H4,35,36,38)/t21-,22-,26-,27+/m1/s1. The number of phenolic OH excluding ortho intramolecular Hbond substituents is 1. The van der Waals surface area contributed by atoms with Gasteiger partial charge in [-0.1, -0.05) is 20.3 Å². The van der Waals surface area contributed by atoms with Crippen LogP contribution in [-0.2, 0) is 32.0 Å². The van der Waals surface area contributed by atoms with Gasteiger partial charge in [0.25, 0.3) is 0 Å². The van der Waals surface area contributed by atoms with Gasteiger partial charge in [0.2, 0.25) is 11.8 Å². The van der Waals surface area contributed by atoms with Crippen molar-refractivity contribution in [3.63, 3.8) is 0 Å². The third-order valence-electron chi connectivity index (χ3n) is 7.96. The number of H-pyrrole nitrogens is 1. The third kappa shape index (κ3) is 12.7. The zero-order chi connectivity index (χ0) is 33.7. The number of carbonyl (C=O) groups excluding carboxylic acids is 4. The van der Waals surface area contributed by atoms with Crippen molar-refractivity contribution >= 4 is 29.3 Å². The first kappa shape index (κ1) is 36.9. The number of nitrogens with two attached hydrogens (primary N) is 4. The van der Waals surface area contributed by atoms with Crippen molar-refractivity contribution in [2.75, 3.05) is 6.54 Å². The number of amides is 2. The lowest BCUT2D eigenvalue weighted by Gasteiger charge is -2.25. The summed E-state index contributed by atoms with van der Waals surface area (Å²) in [6.45, 7) is 8.01. The Morgan fingerprint density at radius 2 is 1.60 bits per heavy atom. The number of ketones is 2. The quantitative estimate of drug-likeness (QED) is 0.0637. The van der Waals surface area contributed by atoms with E-state index in [-0.39, 0.29) is 49.0 Å². The summed E-state index contributed by atoms with van der Waals surface area (Å²) in [5, 5.41) is 12.9. The molecule has 0 radical (unpaired) electrons. The Hall–Kier alpha value is -4.26. The summed E-state index contributed by atoms with van der Waals surface area (Å²) in [5.41, 5.74) is 25.5. The second-order valence-corrected chi connectivity index (χ2v) is 12.3. The normalized spacial score (nSPS) is 13.9. The second-order valence-electron chi connectivity index (χ2n) is 12.3. The molecule has 0 fully saturated rings. The van der Waals surface area contributed by atoms with Gasteiger partial charge in [0.05, 0.1) is 18.4 Å². The van der Waals surface area contributed by atoms with Crippen molar-refractivity contribution in [2.24, 2.45) is 45.7 Å². The van der Waals surface area contributed by atoms with Gasteiger partial charge in [-0.25, -0.2) is 4.98 Å². The Morgan fingerprint density at radius 3 is 2.16 bits per heavy atom. The van der Waals surface area contributed by atoms with E-state index in [9.17, 15) is 24.3 Å². The first-order valence-electron chi connectivity index (χ1n) is 15.4. The number of benzene rings is 1. The van der Waals surface area contributed by atoms with E-state index in [2.05, 4.69) is 20.3 Å². The van der Waals surface area contributed by atoms with Gasteiger partial charge in [0, 0.05) is 49.5 Å². The van der Waals surface area contributed by atoms with E-state index in [1.165, 1.54) is 6.33 Å². The average Bonchev–Trinajstić information content (AvgIpc) is 3.46. The molecule has 0 aliphatic carbocycles. The van der Waals surface area contributed by atoms with Gasteiger partial charge in [-0.15, -0.1) is 0 Å². The summed E-state index contributed by atoms with van der Waals surface area (Å²) in [5.74, 6) is -2.88. The lowest BCUT2D eigenvalue weighted by molar-refractivity contribution is -0.133. The van der Waals surface area contributed by atoms with Gasteiger partial charge < -0.3 is 38.3 Å². The van der Waals surface area contributed by atoms with Gasteiger partial charge in [-0.3, -0.25) is 24.2 Å². The number of hydrogen-bond donors (Lipinski definition) is 7. The molecule has 248 valence electrons. The summed E-state index contributed by atoms with van der Waals surface area (Å²) in [4.78, 5) is 63.9. The molecule has 45 heavy (non-hydrogen) atoms. The fourth-order valence-corrected chi connectivity index (χ4v) is 5.29. The molecule has 2 rings (SSSR count). The summed E-state index contributed by atoms with van der Waals surface area (Å²) >= 11 is 0. The van der Waals surface area contributed by atoms with Gasteiger partial charge in [-0.2, -0.15) is 0 Å². The van der Waals surface area contributed by atoms with Crippen LogP contribution in [0.3, 0.4) is 0 Å². The lowest BCUT2D eigenvalue weighted by atomic mass is 9.86. The van der Waals surface area contributed by atoms with Gasteiger partial charge >= 0.3 is 0 Å². The molecule has 0 unspecified atom stereocenters. The first-order valence-corrected chi connectivity index (χ1v) is 15.4. The van der Waals surface area contributed by atoms with E-state index in [0.717, 1.165) is 23.1 Å². The molecule has 13 nitrogen and oxygen atoms in total. The fourth-order valence-electron chi connectivity index (χ4n) is 5.29. The van der Waals surface area contributed by atoms with Crippen LogP contribution >= 0.6 is 0 Å². The van der Waals surface area contributed by atoms with E-state index in [1.807, 2.05) is 27.7 Å². The fraction of sp³-hybridized carbons (Fsp3) is 0.562. The molecule has 2 aromatic rings. The maximum Gasteiger partial charge on any atom is 0.224 e. The molecule has 1 aromatic carbocycles. The maximum absolute atomic E-state index is 13.9. The van der Waals surface area contributed by atoms with Crippen molar-refractivity contribution in [1.82, 2.24) is 15.3 Å². The summed E-state index contributed by atoms with van der Waals surface area (Å²) < 4.78 is 0. The molecular weight excluding hydrogens is 576 g/mol. The molecule has 0 spiro atoms. The first-order chi connectivity index (χ1) is 21.2. The molecule has 0 saturated carbocycles. The number of nitrogens with zero attached hydrogens (tertiary/aromatic N) is 2. The minimum absolute atomic E-state index is 0.0485. The van der Waals surface area contributed by atoms with Crippen LogP contribution in [0, 0.1) is 31.6 Å². The van der Waals surface area contributed by atoms with Crippen LogP contribution in [0.5, 0.6) is 5.75 Å². The predicted molar refractivity (Wildman–Crippen MR) is 173 cm³/mol. The van der Waals surface area contributed by atoms with Crippen LogP contribution in [0.1, 0.15) is 74.8 Å². The highest BCUT2D eigenvalue weighted by Gasteiger charge is 2.32. The van der Waals surface area contributed by atoms with Crippen LogP contribution in [-0.4, -0.2) is 63.0 Å². The van der Waals surface area contributed by atoms with Crippen LogP contribution in [0.4, 0.5) is 0 Å². The van der Waals surface area contributed by atoms with Crippen molar-refractivity contribution in [1.29, 1.82) is 0 Å². The number of phenols is 1. The molecule has 0 aliphatic heterocycles. The number of aliphatic imine (C=N–C) groups is 1. The summed E-state index contributed by atoms with van der Waals surface area (Å²) in [7, 11) is 0. The molecule has 1 heterocycles. The second kappa shape index (κ2) is 17.9. The Balaban J connectivity index is 2.33. The van der Waals surface area contributed by atoms with Crippen LogP contribution in [0.25, 0.3) is 0 Å². The average molecular weight is 627 g/mol. The maximum atomic E-state index is 13.9. The van der Waals surface area contributed by atoms with Gasteiger partial charge in [0.15, 0.2) is 11.7 Å². The Labute approximate surface area is 265 Å². The highest BCUT2D eigenvalue weighted by molar-refractivity contribution is 5.94. The number of rotatable bonds is 20. The molecule has 1 aromatic heterocycles. The van der Waals surface area contributed by atoms with Crippen molar-refractivity contribution in [2.45, 2.75) is 91.1 Å². The van der Waals surface area contributed by atoms with Gasteiger partial charge in [-0.05, 0) is 74.3 Å². The number of nitrogens with one attached hydrogen (secondary N) is 2. The SMILES string of the molecule is Cc1cc(O)cc(C)c1C[C@H](CC(=O)[C@H](N)CCCN=C(N)N)C(=O)N[C@@H](Cc1cnc[nH]1)C(=O)C[C@@H](CCC(C)C)C(N)=O. The van der Waals surface area contributed by atoms with E-state index in [1.54, 1.807) is 18.3 Å². The third-order valence-corrected chi connectivity index (χ3v) is 7.96. The topological polar surface area (TPSA) is 246 Å². The number of aryl methyl sites for hydroxylation is 2. The Morgan fingerprint density at radius 1 is 0.956 bits per heavy atom. The summed E-state index contributed by atoms with van der Waals surface area (Å²) in [6.07, 6.45) is 5.02. The zero-order valence-electron chi connectivity index (χ0n) is 26.8. The molecule has 0 bridgehead atoms. The number of aromatic amines is 1. The lowest BCUT2D eigenvalue weighted by Crippen LogP contribution is -2.47. The monoisotopic (exact) mass is 626 g/mol. The van der Waals surface area contributed by atoms with Crippen LogP contribution in [0.15, 0.2) is 29.6 Å². The number of carbonyl (C=O) groups is 4. The molecule has 0 saturated heterocycles. The number of aromatic nitrogens is 2. The number of imidazole rings is 1. The van der Waals surface area contributed by atoms with Crippen LogP contribution in [0.2, 0.25) is 0 Å². The number of guanidine groups is 1. The van der Waals surface area contributed by atoms with Crippen molar-refractivity contribution in [3.05, 3.63) is 47.0 Å². The van der Waals surface area contributed by atoms with E-state index in [4.69, 9.17) is 22.9 Å². The van der Waals surface area contributed by atoms with Crippen molar-refractivity contribution < 1.29 is 24.3 Å². The number of Topliss-reactive ketones (excluding diaryl/α,β-unsaturated/α-hetero) is 2. The molecule has 0 aliphatic rings. The minimum atomic E-state index is -0.994. The van der Waals surface area contributed by atoms with Crippen LogP contribution < -0.4 is 28.3 Å². The number of hydrogen-bond acceptors (Lipinski definition) is 8. The van der Waals surface area contributed by atoms with Crippen molar-refractivity contribution in [3.8, 4) is 5.75 Å². The minimum Gasteiger partial charge on any atom is -0.508 e. The Bertz CT molecular complexity index is 1300. The molecular formula is C32H50N8O5. The van der Waals surface area contributed by atoms with Gasteiger partial charge in [0.1, 0.15) is 11.5 Å². The summed E-state index contributed by atoms with van der Waals surface area (Å²) in [6, 6.07) is 1.36. The van der Waals surface area contributed by atoms with E-state index < -0.39 is 35.7 Å². The Kier molecular flexibility index (Phi) is 14.7. The predicted octanol–water partition coefficient (Wildman–Crippen LogP) is 1.46. The molecule has 11 N–H and O–H groups in total. The highest BCUT2D eigenvalue weighted by atomic mass is 16.3. The zero-order valence-corrected chi connectivity index (χ0v) is 26.8.